The van der Waals surface area contributed by atoms with E-state index in [2.05, 4.69) is 10.4 Å². The van der Waals surface area contributed by atoms with Crippen LogP contribution in [0.1, 0.15) is 41.7 Å². The lowest BCUT2D eigenvalue weighted by Gasteiger charge is -2.25. The number of aromatic nitrogens is 2. The summed E-state index contributed by atoms with van der Waals surface area (Å²) < 4.78 is 45.1. The van der Waals surface area contributed by atoms with Gasteiger partial charge in [0.15, 0.2) is 11.4 Å². The molecule has 6 nitrogen and oxygen atoms in total. The van der Waals surface area contributed by atoms with E-state index in [0.717, 1.165) is 12.1 Å². The average Bonchev–Trinajstić information content (AvgIpc) is 3.08. The summed E-state index contributed by atoms with van der Waals surface area (Å²) in [7, 11) is 1.36. The van der Waals surface area contributed by atoms with Crippen LogP contribution in [0.25, 0.3) is 5.69 Å². The number of nitrogens with one attached hydrogen (secondary N) is 1. The number of hydrogen-bond donors (Lipinski definition) is 2. The summed E-state index contributed by atoms with van der Waals surface area (Å²) in [5, 5.41) is 16.5. The first kappa shape index (κ1) is 19.2. The number of rotatable bonds is 4. The quantitative estimate of drug-likeness (QED) is 0.851. The third-order valence-electron chi connectivity index (χ3n) is 4.59. The van der Waals surface area contributed by atoms with Crippen LogP contribution in [0.4, 0.5) is 13.2 Å². The Hall–Kier alpha value is -2.55. The van der Waals surface area contributed by atoms with Gasteiger partial charge in [0.05, 0.1) is 30.7 Å². The van der Waals surface area contributed by atoms with Crippen molar-refractivity contribution in [2.45, 2.75) is 44.0 Å². The van der Waals surface area contributed by atoms with Crippen LogP contribution in [0.3, 0.4) is 0 Å². The Morgan fingerprint density at radius 1 is 1.30 bits per heavy atom. The summed E-state index contributed by atoms with van der Waals surface area (Å²) in [6, 6.07) is 4.58. The molecule has 1 aliphatic carbocycles. The van der Waals surface area contributed by atoms with Crippen molar-refractivity contribution in [3.05, 3.63) is 41.7 Å². The fraction of sp³-hybridized carbons (Fsp3) is 0.444. The summed E-state index contributed by atoms with van der Waals surface area (Å²) >= 11 is 0. The second-order valence-corrected chi connectivity index (χ2v) is 6.52. The molecule has 1 fully saturated rings. The van der Waals surface area contributed by atoms with Crippen molar-refractivity contribution in [2.24, 2.45) is 0 Å². The third-order valence-corrected chi connectivity index (χ3v) is 4.59. The number of ether oxygens (including phenoxy) is 1. The fourth-order valence-corrected chi connectivity index (χ4v) is 3.10. The van der Waals surface area contributed by atoms with Crippen molar-refractivity contribution in [3.63, 3.8) is 0 Å². The number of benzene rings is 1. The number of methoxy groups -OCH3 is 1. The minimum Gasteiger partial charge on any atom is -0.493 e. The highest BCUT2D eigenvalue weighted by Crippen LogP contribution is 2.31. The number of carbonyl (C=O) groups is 1. The molecule has 0 unspecified atom stereocenters. The van der Waals surface area contributed by atoms with Crippen molar-refractivity contribution < 1.29 is 27.8 Å². The molecule has 0 atom stereocenters. The molecule has 1 saturated carbocycles. The molecule has 1 amide bonds. The Morgan fingerprint density at radius 3 is 2.63 bits per heavy atom. The number of alkyl halides is 3. The van der Waals surface area contributed by atoms with Crippen LogP contribution in [0, 0.1) is 0 Å². The van der Waals surface area contributed by atoms with Crippen molar-refractivity contribution in [3.8, 4) is 11.4 Å². The van der Waals surface area contributed by atoms with Gasteiger partial charge in [-0.15, -0.1) is 0 Å². The number of aliphatic hydroxyl groups excluding tert-OH is 1. The lowest BCUT2D eigenvalue weighted by Crippen LogP contribution is -2.38. The van der Waals surface area contributed by atoms with Gasteiger partial charge in [-0.25, -0.2) is 4.68 Å². The summed E-state index contributed by atoms with van der Waals surface area (Å²) in [6.45, 7) is 0. The number of carbonyl (C=O) groups excluding carboxylic acids is 1. The highest BCUT2D eigenvalue weighted by Gasteiger charge is 2.31. The highest BCUT2D eigenvalue weighted by atomic mass is 19.4. The smallest absolute Gasteiger partial charge is 0.416 e. The van der Waals surface area contributed by atoms with Crippen LogP contribution in [0.2, 0.25) is 0 Å². The molecule has 0 spiro atoms. The standard InChI is InChI=1S/C18H20F3N3O3/c1-27-15-10-24(13-4-2-3-11(9-13)18(19,20)21)23-16(15)17(26)22-12-5-7-14(25)8-6-12/h2-4,9-10,12,14,25H,5-8H2,1H3,(H,22,26). The van der Waals surface area contributed by atoms with E-state index in [1.807, 2.05) is 0 Å². The van der Waals surface area contributed by atoms with Gasteiger partial charge in [-0.1, -0.05) is 6.07 Å². The van der Waals surface area contributed by atoms with Crippen LogP contribution in [0.15, 0.2) is 30.5 Å². The molecular formula is C18H20F3N3O3. The number of halogens is 3. The van der Waals surface area contributed by atoms with E-state index in [9.17, 15) is 23.1 Å². The van der Waals surface area contributed by atoms with Gasteiger partial charge in [0.25, 0.3) is 5.91 Å². The molecule has 1 aromatic carbocycles. The Labute approximate surface area is 153 Å². The van der Waals surface area contributed by atoms with Crippen LogP contribution in [-0.4, -0.2) is 40.0 Å². The first-order valence-corrected chi connectivity index (χ1v) is 8.58. The van der Waals surface area contributed by atoms with E-state index in [1.54, 1.807) is 0 Å². The Morgan fingerprint density at radius 2 is 2.00 bits per heavy atom. The maximum atomic E-state index is 12.9. The SMILES string of the molecule is COc1cn(-c2cccc(C(F)(F)F)c2)nc1C(=O)NC1CCC(O)CC1. The van der Waals surface area contributed by atoms with E-state index in [-0.39, 0.29) is 29.3 Å². The largest absolute Gasteiger partial charge is 0.493 e. The molecule has 3 rings (SSSR count). The zero-order valence-electron chi connectivity index (χ0n) is 14.7. The Kier molecular flexibility index (Phi) is 5.41. The molecule has 1 heterocycles. The number of aliphatic hydroxyl groups is 1. The number of amides is 1. The highest BCUT2D eigenvalue weighted by molar-refractivity contribution is 5.95. The van der Waals surface area contributed by atoms with E-state index in [0.29, 0.717) is 25.7 Å². The molecule has 0 bridgehead atoms. The van der Waals surface area contributed by atoms with Gasteiger partial charge < -0.3 is 15.2 Å². The van der Waals surface area contributed by atoms with Crippen LogP contribution >= 0.6 is 0 Å². The van der Waals surface area contributed by atoms with Gasteiger partial charge in [0.1, 0.15) is 0 Å². The summed E-state index contributed by atoms with van der Waals surface area (Å²) in [6.07, 6.45) is -0.907. The van der Waals surface area contributed by atoms with E-state index >= 15 is 0 Å². The lowest BCUT2D eigenvalue weighted by atomic mass is 9.93. The molecule has 2 N–H and O–H groups in total. The van der Waals surface area contributed by atoms with Crippen molar-refractivity contribution in [1.82, 2.24) is 15.1 Å². The number of nitrogens with zero attached hydrogens (tertiary/aromatic N) is 2. The number of hydrogen-bond acceptors (Lipinski definition) is 4. The molecule has 0 aliphatic heterocycles. The minimum absolute atomic E-state index is 0.000957. The van der Waals surface area contributed by atoms with Gasteiger partial charge in [0, 0.05) is 6.04 Å². The zero-order valence-corrected chi connectivity index (χ0v) is 14.7. The molecule has 2 aromatic rings. The lowest BCUT2D eigenvalue weighted by molar-refractivity contribution is -0.137. The van der Waals surface area contributed by atoms with Gasteiger partial charge in [-0.05, 0) is 43.9 Å². The molecule has 1 aromatic heterocycles. The summed E-state index contributed by atoms with van der Waals surface area (Å²) in [5.41, 5.74) is -0.634. The normalized spacial score (nSPS) is 20.3. The van der Waals surface area contributed by atoms with E-state index < -0.39 is 17.6 Å². The van der Waals surface area contributed by atoms with Crippen molar-refractivity contribution in [1.29, 1.82) is 0 Å². The van der Waals surface area contributed by atoms with Crippen LogP contribution in [0.5, 0.6) is 5.75 Å². The average molecular weight is 383 g/mol. The first-order chi connectivity index (χ1) is 12.8. The van der Waals surface area contributed by atoms with Crippen LogP contribution < -0.4 is 10.1 Å². The van der Waals surface area contributed by atoms with Crippen LogP contribution in [-0.2, 0) is 6.18 Å². The maximum absolute atomic E-state index is 12.9. The molecule has 0 radical (unpaired) electrons. The Balaban J connectivity index is 1.82. The zero-order chi connectivity index (χ0) is 19.6. The molecule has 27 heavy (non-hydrogen) atoms. The fourth-order valence-electron chi connectivity index (χ4n) is 3.10. The molecule has 9 heteroatoms. The van der Waals surface area contributed by atoms with Crippen molar-refractivity contribution in [2.75, 3.05) is 7.11 Å². The van der Waals surface area contributed by atoms with Crippen molar-refractivity contribution >= 4 is 5.91 Å². The van der Waals surface area contributed by atoms with E-state index in [4.69, 9.17) is 4.74 Å². The second-order valence-electron chi connectivity index (χ2n) is 6.52. The van der Waals surface area contributed by atoms with Gasteiger partial charge >= 0.3 is 6.18 Å². The molecule has 146 valence electrons. The summed E-state index contributed by atoms with van der Waals surface area (Å²) in [5.74, 6) is -0.292. The first-order valence-electron chi connectivity index (χ1n) is 8.58. The van der Waals surface area contributed by atoms with Gasteiger partial charge in [0.2, 0.25) is 0 Å². The predicted molar refractivity (Wildman–Crippen MR) is 90.8 cm³/mol. The van der Waals surface area contributed by atoms with E-state index in [1.165, 1.54) is 30.1 Å². The van der Waals surface area contributed by atoms with Gasteiger partial charge in [-0.2, -0.15) is 18.3 Å². The minimum atomic E-state index is -4.47. The monoisotopic (exact) mass is 383 g/mol. The molecule has 0 saturated heterocycles. The molecular weight excluding hydrogens is 363 g/mol. The Bertz CT molecular complexity index is 812. The summed E-state index contributed by atoms with van der Waals surface area (Å²) in [4.78, 5) is 12.5. The molecule has 1 aliphatic rings. The van der Waals surface area contributed by atoms with Gasteiger partial charge in [-0.3, -0.25) is 4.79 Å². The topological polar surface area (TPSA) is 76.4 Å². The maximum Gasteiger partial charge on any atom is 0.416 e. The third kappa shape index (κ3) is 4.41. The second kappa shape index (κ2) is 7.59. The predicted octanol–water partition coefficient (Wildman–Crippen LogP) is 2.93.